The molecule has 1 atom stereocenters. The lowest BCUT2D eigenvalue weighted by Gasteiger charge is -2.23. The predicted molar refractivity (Wildman–Crippen MR) is 108 cm³/mol. The van der Waals surface area contributed by atoms with E-state index in [2.05, 4.69) is 15.6 Å². The Bertz CT molecular complexity index is 1200. The maximum absolute atomic E-state index is 13.6. The van der Waals surface area contributed by atoms with Crippen molar-refractivity contribution in [1.82, 2.24) is 10.3 Å². The van der Waals surface area contributed by atoms with Crippen molar-refractivity contribution in [2.45, 2.75) is 18.4 Å². The standard InChI is InChI=1S/C21H14F6N4O3/c22-20(23,24)13-8-6-12(7-9-13)17(18-16(21(25,26)27)5-2-10-28-18)30-19(32)29-14-3-1-4-15(11-14)31(33)34/h1-11,17H,(H2,29,30,32)/t17-/m0/s1. The summed E-state index contributed by atoms with van der Waals surface area (Å²) in [4.78, 5) is 26.5. The number of urea groups is 1. The molecule has 3 rings (SSSR count). The first kappa shape index (κ1) is 24.5. The third-order valence-corrected chi connectivity index (χ3v) is 4.58. The van der Waals surface area contributed by atoms with Crippen LogP contribution < -0.4 is 10.6 Å². The molecule has 1 heterocycles. The largest absolute Gasteiger partial charge is 0.418 e. The van der Waals surface area contributed by atoms with E-state index in [1.54, 1.807) is 0 Å². The highest BCUT2D eigenvalue weighted by Crippen LogP contribution is 2.36. The van der Waals surface area contributed by atoms with E-state index in [0.29, 0.717) is 12.1 Å². The second kappa shape index (κ2) is 9.37. The zero-order valence-corrected chi connectivity index (χ0v) is 16.8. The van der Waals surface area contributed by atoms with Crippen molar-refractivity contribution in [2.24, 2.45) is 0 Å². The van der Waals surface area contributed by atoms with Crippen molar-refractivity contribution in [3.05, 3.63) is 99.4 Å². The second-order valence-corrected chi connectivity index (χ2v) is 6.89. The Balaban J connectivity index is 1.98. The fourth-order valence-electron chi connectivity index (χ4n) is 3.06. The smallest absolute Gasteiger partial charge is 0.325 e. The van der Waals surface area contributed by atoms with Gasteiger partial charge in [0, 0.05) is 24.0 Å². The average molecular weight is 484 g/mol. The minimum absolute atomic E-state index is 0.0325. The first-order chi connectivity index (χ1) is 15.9. The van der Waals surface area contributed by atoms with Gasteiger partial charge in [0.15, 0.2) is 0 Å². The van der Waals surface area contributed by atoms with E-state index in [1.807, 2.05) is 0 Å². The van der Waals surface area contributed by atoms with E-state index in [0.717, 1.165) is 42.6 Å². The summed E-state index contributed by atoms with van der Waals surface area (Å²) < 4.78 is 79.5. The van der Waals surface area contributed by atoms with Gasteiger partial charge in [0.1, 0.15) is 0 Å². The maximum Gasteiger partial charge on any atom is 0.418 e. The lowest BCUT2D eigenvalue weighted by molar-refractivity contribution is -0.384. The number of hydrogen-bond acceptors (Lipinski definition) is 4. The zero-order chi connectivity index (χ0) is 25.1. The molecule has 7 nitrogen and oxygen atoms in total. The Morgan fingerprint density at radius 2 is 1.62 bits per heavy atom. The van der Waals surface area contributed by atoms with Crippen LogP contribution in [0.4, 0.5) is 42.5 Å². The van der Waals surface area contributed by atoms with Gasteiger partial charge in [0.2, 0.25) is 0 Å². The number of nitro groups is 1. The third-order valence-electron chi connectivity index (χ3n) is 4.58. The number of halogens is 6. The molecule has 3 aromatic rings. The molecule has 178 valence electrons. The van der Waals surface area contributed by atoms with Crippen molar-refractivity contribution in [1.29, 1.82) is 0 Å². The number of alkyl halides is 6. The molecular formula is C21H14F6N4O3. The quantitative estimate of drug-likeness (QED) is 0.266. The summed E-state index contributed by atoms with van der Waals surface area (Å²) in [6.07, 6.45) is -8.50. The molecule has 34 heavy (non-hydrogen) atoms. The Labute approximate surface area is 187 Å². The maximum atomic E-state index is 13.6. The van der Waals surface area contributed by atoms with Crippen molar-refractivity contribution in [3.63, 3.8) is 0 Å². The Morgan fingerprint density at radius 3 is 2.21 bits per heavy atom. The molecule has 0 aliphatic rings. The van der Waals surface area contributed by atoms with E-state index < -0.39 is 46.2 Å². The van der Waals surface area contributed by atoms with E-state index in [4.69, 9.17) is 0 Å². The normalized spacial score (nSPS) is 12.6. The lowest BCUT2D eigenvalue weighted by Crippen LogP contribution is -2.35. The number of benzene rings is 2. The molecule has 2 amide bonds. The van der Waals surface area contributed by atoms with Gasteiger partial charge in [-0.2, -0.15) is 26.3 Å². The Hall–Kier alpha value is -4.16. The molecule has 0 fully saturated rings. The second-order valence-electron chi connectivity index (χ2n) is 6.89. The summed E-state index contributed by atoms with van der Waals surface area (Å²) in [5.74, 6) is 0. The highest BCUT2D eigenvalue weighted by atomic mass is 19.4. The number of hydrogen-bond donors (Lipinski definition) is 2. The topological polar surface area (TPSA) is 97.2 Å². The highest BCUT2D eigenvalue weighted by Gasteiger charge is 2.37. The van der Waals surface area contributed by atoms with E-state index >= 15 is 0 Å². The van der Waals surface area contributed by atoms with Crippen LogP contribution in [0.2, 0.25) is 0 Å². The first-order valence-electron chi connectivity index (χ1n) is 9.37. The van der Waals surface area contributed by atoms with Gasteiger partial charge >= 0.3 is 18.4 Å². The van der Waals surface area contributed by atoms with Crippen molar-refractivity contribution < 1.29 is 36.1 Å². The number of rotatable bonds is 5. The number of carbonyl (C=O) groups is 1. The number of pyridine rings is 1. The van der Waals surface area contributed by atoms with Crippen molar-refractivity contribution in [2.75, 3.05) is 5.32 Å². The fourth-order valence-corrected chi connectivity index (χ4v) is 3.06. The van der Waals surface area contributed by atoms with Gasteiger partial charge in [-0.1, -0.05) is 18.2 Å². The van der Waals surface area contributed by atoms with Gasteiger partial charge < -0.3 is 10.6 Å². The van der Waals surface area contributed by atoms with Crippen LogP contribution in [0.3, 0.4) is 0 Å². The molecule has 0 saturated carbocycles. The van der Waals surface area contributed by atoms with Gasteiger partial charge in [-0.3, -0.25) is 15.1 Å². The Kier molecular flexibility index (Phi) is 6.75. The van der Waals surface area contributed by atoms with Crippen LogP contribution >= 0.6 is 0 Å². The minimum Gasteiger partial charge on any atom is -0.325 e. The van der Waals surface area contributed by atoms with Gasteiger partial charge in [-0.15, -0.1) is 0 Å². The van der Waals surface area contributed by atoms with Crippen LogP contribution in [0.5, 0.6) is 0 Å². The number of amides is 2. The molecule has 13 heteroatoms. The molecule has 0 bridgehead atoms. The summed E-state index contributed by atoms with van der Waals surface area (Å²) in [5, 5.41) is 15.4. The molecule has 0 saturated heterocycles. The highest BCUT2D eigenvalue weighted by molar-refractivity contribution is 5.90. The van der Waals surface area contributed by atoms with E-state index in [-0.39, 0.29) is 16.9 Å². The number of carbonyl (C=O) groups excluding carboxylic acids is 1. The molecular weight excluding hydrogens is 470 g/mol. The molecule has 0 aliphatic heterocycles. The number of anilines is 1. The summed E-state index contributed by atoms with van der Waals surface area (Å²) in [5.41, 5.74) is -3.37. The van der Waals surface area contributed by atoms with Gasteiger partial charge in [0.05, 0.1) is 27.8 Å². The van der Waals surface area contributed by atoms with Gasteiger partial charge in [-0.25, -0.2) is 4.79 Å². The van der Waals surface area contributed by atoms with E-state index in [9.17, 15) is 41.3 Å². The van der Waals surface area contributed by atoms with Crippen LogP contribution in [-0.4, -0.2) is 15.9 Å². The van der Waals surface area contributed by atoms with Crippen LogP contribution in [0.1, 0.15) is 28.4 Å². The summed E-state index contributed by atoms with van der Waals surface area (Å²) in [6.45, 7) is 0. The first-order valence-corrected chi connectivity index (χ1v) is 9.37. The summed E-state index contributed by atoms with van der Waals surface area (Å²) in [6, 6.07) is 7.04. The number of nitrogens with zero attached hydrogens (tertiary/aromatic N) is 2. The molecule has 0 unspecified atom stereocenters. The molecule has 0 aliphatic carbocycles. The summed E-state index contributed by atoms with van der Waals surface area (Å²) >= 11 is 0. The molecule has 2 aromatic carbocycles. The molecule has 0 spiro atoms. The molecule has 1 aromatic heterocycles. The van der Waals surface area contributed by atoms with Crippen LogP contribution in [0.15, 0.2) is 66.9 Å². The Morgan fingerprint density at radius 1 is 0.941 bits per heavy atom. The van der Waals surface area contributed by atoms with Crippen molar-refractivity contribution in [3.8, 4) is 0 Å². The van der Waals surface area contributed by atoms with Crippen LogP contribution in [-0.2, 0) is 12.4 Å². The lowest BCUT2D eigenvalue weighted by atomic mass is 9.98. The monoisotopic (exact) mass is 484 g/mol. The minimum atomic E-state index is -4.87. The molecule has 2 N–H and O–H groups in total. The number of non-ortho nitro benzene ring substituents is 1. The SMILES string of the molecule is O=C(Nc1cccc([N+](=O)[O-])c1)N[C@@H](c1ccc(C(F)(F)F)cc1)c1ncccc1C(F)(F)F. The number of nitro benzene ring substituents is 1. The van der Waals surface area contributed by atoms with Gasteiger partial charge in [-0.05, 0) is 35.9 Å². The van der Waals surface area contributed by atoms with Crippen molar-refractivity contribution >= 4 is 17.4 Å². The average Bonchev–Trinajstić information content (AvgIpc) is 2.76. The van der Waals surface area contributed by atoms with Crippen LogP contribution in [0, 0.1) is 10.1 Å². The third kappa shape index (κ3) is 5.79. The van der Waals surface area contributed by atoms with E-state index in [1.165, 1.54) is 12.1 Å². The number of nitrogens with one attached hydrogen (secondary N) is 2. The summed E-state index contributed by atoms with van der Waals surface area (Å²) in [7, 11) is 0. The molecule has 0 radical (unpaired) electrons. The predicted octanol–water partition coefficient (Wildman–Crippen LogP) is 5.94. The zero-order valence-electron chi connectivity index (χ0n) is 16.8. The van der Waals surface area contributed by atoms with Crippen LogP contribution in [0.25, 0.3) is 0 Å². The number of aromatic nitrogens is 1. The van der Waals surface area contributed by atoms with Gasteiger partial charge in [0.25, 0.3) is 5.69 Å². The fraction of sp³-hybridized carbons (Fsp3) is 0.143.